The van der Waals surface area contributed by atoms with Gasteiger partial charge in [0.15, 0.2) is 4.96 Å². The number of aryl methyl sites for hydroxylation is 1. The average Bonchev–Trinajstić information content (AvgIpc) is 2.67. The quantitative estimate of drug-likeness (QED) is 0.776. The topological polar surface area (TPSA) is 83.7 Å². The number of nitrogens with zero attached hydrogens (tertiary/aromatic N) is 2. The van der Waals surface area contributed by atoms with Gasteiger partial charge in [-0.05, 0) is 6.92 Å². The van der Waals surface area contributed by atoms with Gasteiger partial charge < -0.3 is 10.4 Å². The Morgan fingerprint density at radius 3 is 3.11 bits per heavy atom. The molecule has 0 radical (unpaired) electrons. The third kappa shape index (κ3) is 2.74. The number of aliphatic carboxylic acids is 1. The van der Waals surface area contributed by atoms with E-state index in [0.29, 0.717) is 23.7 Å². The Morgan fingerprint density at radius 2 is 2.39 bits per heavy atom. The van der Waals surface area contributed by atoms with Crippen LogP contribution in [0, 0.1) is 6.92 Å². The first-order chi connectivity index (χ1) is 8.58. The van der Waals surface area contributed by atoms with Crippen molar-refractivity contribution >= 4 is 22.3 Å². The Bertz CT molecular complexity index is 632. The normalized spacial score (nSPS) is 10.9. The Labute approximate surface area is 107 Å². The number of rotatable bonds is 5. The number of aromatic nitrogens is 2. The molecular weight excluding hydrogens is 254 g/mol. The number of carboxylic acid groups (broad SMARTS) is 1. The van der Waals surface area contributed by atoms with Crippen molar-refractivity contribution < 1.29 is 9.90 Å². The van der Waals surface area contributed by atoms with Crippen molar-refractivity contribution in [1.29, 1.82) is 0 Å². The predicted molar refractivity (Wildman–Crippen MR) is 68.0 cm³/mol. The summed E-state index contributed by atoms with van der Waals surface area (Å²) in [5, 5.41) is 13.3. The molecule has 7 heteroatoms. The van der Waals surface area contributed by atoms with Crippen molar-refractivity contribution in [3.63, 3.8) is 0 Å². The highest BCUT2D eigenvalue weighted by atomic mass is 32.1. The van der Waals surface area contributed by atoms with Crippen LogP contribution in [0.15, 0.2) is 16.2 Å². The smallest absolute Gasteiger partial charge is 0.304 e. The molecule has 0 bridgehead atoms. The minimum absolute atomic E-state index is 0.0549. The highest BCUT2D eigenvalue weighted by molar-refractivity contribution is 7.15. The fourth-order valence-corrected chi connectivity index (χ4v) is 2.49. The van der Waals surface area contributed by atoms with E-state index in [4.69, 9.17) is 5.11 Å². The lowest BCUT2D eigenvalue weighted by Crippen LogP contribution is -2.21. The molecule has 0 fully saturated rings. The molecule has 2 aromatic rings. The molecule has 2 rings (SSSR count). The number of carboxylic acids is 1. The summed E-state index contributed by atoms with van der Waals surface area (Å²) in [5.41, 5.74) is 1.40. The molecule has 18 heavy (non-hydrogen) atoms. The first-order valence-electron chi connectivity index (χ1n) is 5.47. The van der Waals surface area contributed by atoms with Crippen LogP contribution in [0.3, 0.4) is 0 Å². The lowest BCUT2D eigenvalue weighted by molar-refractivity contribution is -0.136. The summed E-state index contributed by atoms with van der Waals surface area (Å²) < 4.78 is 1.56. The minimum Gasteiger partial charge on any atom is -0.481 e. The second-order valence-electron chi connectivity index (χ2n) is 3.90. The lowest BCUT2D eigenvalue weighted by Gasteiger charge is -2.03. The number of hydrogen-bond donors (Lipinski definition) is 2. The summed E-state index contributed by atoms with van der Waals surface area (Å²) >= 11 is 1.42. The maximum absolute atomic E-state index is 11.8. The number of fused-ring (bicyclic) bond motifs is 1. The predicted octanol–water partition coefficient (Wildman–Crippen LogP) is 0.629. The fourth-order valence-electron chi connectivity index (χ4n) is 1.60. The summed E-state index contributed by atoms with van der Waals surface area (Å²) in [6.45, 7) is 2.62. The Balaban J connectivity index is 2.10. The average molecular weight is 267 g/mol. The van der Waals surface area contributed by atoms with E-state index in [1.807, 2.05) is 12.3 Å². The van der Waals surface area contributed by atoms with Gasteiger partial charge in [0.25, 0.3) is 5.56 Å². The zero-order valence-corrected chi connectivity index (χ0v) is 10.7. The molecule has 0 unspecified atom stereocenters. The van der Waals surface area contributed by atoms with Crippen LogP contribution in [-0.4, -0.2) is 27.0 Å². The van der Waals surface area contributed by atoms with Crippen molar-refractivity contribution in [3.8, 4) is 0 Å². The first kappa shape index (κ1) is 12.7. The van der Waals surface area contributed by atoms with Crippen LogP contribution < -0.4 is 10.9 Å². The zero-order valence-electron chi connectivity index (χ0n) is 9.84. The molecule has 0 aliphatic carbocycles. The number of hydrogen-bond acceptors (Lipinski definition) is 5. The summed E-state index contributed by atoms with van der Waals surface area (Å²) in [6, 6.07) is 1.47. The third-order valence-corrected chi connectivity index (χ3v) is 3.39. The van der Waals surface area contributed by atoms with Gasteiger partial charge in [0.1, 0.15) is 0 Å². The van der Waals surface area contributed by atoms with E-state index in [9.17, 15) is 9.59 Å². The van der Waals surface area contributed by atoms with E-state index in [1.54, 1.807) is 4.40 Å². The molecule has 0 amide bonds. The summed E-state index contributed by atoms with van der Waals surface area (Å²) in [4.78, 5) is 27.2. The van der Waals surface area contributed by atoms with E-state index in [0.717, 1.165) is 5.69 Å². The van der Waals surface area contributed by atoms with Gasteiger partial charge in [-0.25, -0.2) is 4.98 Å². The molecule has 2 heterocycles. The molecule has 0 aromatic carbocycles. The molecule has 0 aliphatic heterocycles. The van der Waals surface area contributed by atoms with Crippen molar-refractivity contribution in [2.75, 3.05) is 6.54 Å². The van der Waals surface area contributed by atoms with Gasteiger partial charge in [-0.3, -0.25) is 14.0 Å². The van der Waals surface area contributed by atoms with Crippen LogP contribution in [0.2, 0.25) is 0 Å². The van der Waals surface area contributed by atoms with Gasteiger partial charge >= 0.3 is 5.97 Å². The van der Waals surface area contributed by atoms with Gasteiger partial charge in [-0.2, -0.15) is 0 Å². The van der Waals surface area contributed by atoms with Gasteiger partial charge in [-0.1, -0.05) is 0 Å². The van der Waals surface area contributed by atoms with E-state index in [1.165, 1.54) is 17.4 Å². The van der Waals surface area contributed by atoms with Crippen LogP contribution in [-0.2, 0) is 11.3 Å². The fraction of sp³-hybridized carbons (Fsp3) is 0.364. The summed E-state index contributed by atoms with van der Waals surface area (Å²) in [7, 11) is 0. The van der Waals surface area contributed by atoms with Crippen molar-refractivity contribution in [2.45, 2.75) is 19.9 Å². The Kier molecular flexibility index (Phi) is 3.73. The molecule has 0 aliphatic rings. The molecule has 96 valence electrons. The van der Waals surface area contributed by atoms with Crippen LogP contribution in [0.25, 0.3) is 4.96 Å². The van der Waals surface area contributed by atoms with Crippen LogP contribution in [0.1, 0.15) is 17.8 Å². The Morgan fingerprint density at radius 1 is 1.61 bits per heavy atom. The molecular formula is C11H13N3O3S. The third-order valence-electron chi connectivity index (χ3n) is 2.45. The standard InChI is InChI=1S/C11H13N3O3S/c1-7-6-18-11-13-8(4-9(15)14(7)11)5-12-3-2-10(16)17/h4,6,12H,2-3,5H2,1H3,(H,16,17). The number of carbonyl (C=O) groups is 1. The van der Waals surface area contributed by atoms with Crippen molar-refractivity contribution in [3.05, 3.63) is 33.2 Å². The molecule has 0 spiro atoms. The monoisotopic (exact) mass is 267 g/mol. The summed E-state index contributed by atoms with van der Waals surface area (Å²) in [6.07, 6.45) is 0.0549. The molecule has 2 N–H and O–H groups in total. The number of nitrogens with one attached hydrogen (secondary N) is 1. The van der Waals surface area contributed by atoms with Crippen molar-refractivity contribution in [1.82, 2.24) is 14.7 Å². The lowest BCUT2D eigenvalue weighted by atomic mass is 10.3. The molecule has 0 saturated heterocycles. The maximum atomic E-state index is 11.8. The van der Waals surface area contributed by atoms with Crippen LogP contribution in [0.5, 0.6) is 0 Å². The number of thiazole rings is 1. The molecule has 0 saturated carbocycles. The first-order valence-corrected chi connectivity index (χ1v) is 6.35. The highest BCUT2D eigenvalue weighted by Gasteiger charge is 2.06. The second kappa shape index (κ2) is 5.28. The van der Waals surface area contributed by atoms with Crippen LogP contribution in [0.4, 0.5) is 0 Å². The largest absolute Gasteiger partial charge is 0.481 e. The SMILES string of the molecule is Cc1csc2nc(CNCCC(=O)O)cc(=O)n12. The van der Waals surface area contributed by atoms with Gasteiger partial charge in [0.05, 0.1) is 12.1 Å². The maximum Gasteiger partial charge on any atom is 0.304 e. The van der Waals surface area contributed by atoms with Gasteiger partial charge in [-0.15, -0.1) is 11.3 Å². The zero-order chi connectivity index (χ0) is 13.1. The van der Waals surface area contributed by atoms with Gasteiger partial charge in [0.2, 0.25) is 0 Å². The molecule has 2 aromatic heterocycles. The van der Waals surface area contributed by atoms with E-state index >= 15 is 0 Å². The minimum atomic E-state index is -0.847. The molecule has 0 atom stereocenters. The highest BCUT2D eigenvalue weighted by Crippen LogP contribution is 2.11. The van der Waals surface area contributed by atoms with E-state index < -0.39 is 5.97 Å². The summed E-state index contributed by atoms with van der Waals surface area (Å²) in [5.74, 6) is -0.847. The second-order valence-corrected chi connectivity index (χ2v) is 4.74. The van der Waals surface area contributed by atoms with Crippen molar-refractivity contribution in [2.24, 2.45) is 0 Å². The van der Waals surface area contributed by atoms with E-state index in [2.05, 4.69) is 10.3 Å². The Hall–Kier alpha value is -1.73. The van der Waals surface area contributed by atoms with Gasteiger partial charge in [0, 0.05) is 30.2 Å². The van der Waals surface area contributed by atoms with Crippen LogP contribution >= 0.6 is 11.3 Å². The molecule has 6 nitrogen and oxygen atoms in total. The van der Waals surface area contributed by atoms with E-state index in [-0.39, 0.29) is 12.0 Å².